The van der Waals surface area contributed by atoms with Gasteiger partial charge in [-0.2, -0.15) is 0 Å². The SMILES string of the molecule is CCOC(=O)CC(N)c1ccccc1.COc1cc(C(=O)N[C@@H](CC(=O)O)c2ccc3c(c2)OCO3)cc(OC)c1Oc1cccc2c1nc(N)n2C.COc1cc(C(=O)N[C@@H](CC(=O)OC(C)(C)C)c2ccc3c(c2)OCO3)cc(OC)c1Oc1cccc2c1nc(N)n2C.COc1cc(C(=O)O)cc(OC)c1Oc1cccc2c1nc(N)n2C. The molecule has 0 radical (unpaired) electrons. The average molecular weight is 1660 g/mol. The van der Waals surface area contributed by atoms with Gasteiger partial charge in [-0.25, -0.2) is 19.7 Å². The van der Waals surface area contributed by atoms with Crippen LogP contribution in [0.2, 0.25) is 0 Å². The predicted octanol–water partition coefficient (Wildman–Crippen LogP) is 12.8. The van der Waals surface area contributed by atoms with Crippen molar-refractivity contribution in [3.63, 3.8) is 0 Å². The first kappa shape index (κ1) is 86.8. The molecule has 3 atom stereocenters. The molecular formula is C86H92N12O23. The number of nitrogens with zero attached hydrogens (tertiary/aromatic N) is 6. The van der Waals surface area contributed by atoms with Gasteiger partial charge in [0.25, 0.3) is 11.8 Å². The molecule has 2 aliphatic rings. The van der Waals surface area contributed by atoms with Crippen LogP contribution in [0, 0.1) is 0 Å². The molecule has 0 aliphatic carbocycles. The van der Waals surface area contributed by atoms with Gasteiger partial charge in [0.15, 0.2) is 74.7 Å². The summed E-state index contributed by atoms with van der Waals surface area (Å²) in [4.78, 5) is 86.9. The number of carbonyl (C=O) groups is 6. The number of nitrogen functional groups attached to an aromatic ring is 3. The van der Waals surface area contributed by atoms with Gasteiger partial charge < -0.3 is 129 Å². The molecule has 12 N–H and O–H groups in total. The molecule has 2 aliphatic heterocycles. The number of esters is 2. The molecule has 0 spiro atoms. The Kier molecular flexibility index (Phi) is 27.5. The van der Waals surface area contributed by atoms with E-state index in [1.807, 2.05) is 67.7 Å². The number of fused-ring (bicyclic) bond motifs is 5. The molecule has 2 amide bonds. The Morgan fingerprint density at radius 1 is 0.438 bits per heavy atom. The largest absolute Gasteiger partial charge is 0.493 e. The molecule has 35 nitrogen and oxygen atoms in total. The second kappa shape index (κ2) is 38.4. The van der Waals surface area contributed by atoms with Crippen LogP contribution in [0.25, 0.3) is 33.1 Å². The van der Waals surface area contributed by atoms with E-state index >= 15 is 0 Å². The van der Waals surface area contributed by atoms with Crippen molar-refractivity contribution in [2.24, 2.45) is 26.9 Å². The first-order valence-corrected chi connectivity index (χ1v) is 37.4. The number of anilines is 3. The highest BCUT2D eigenvalue weighted by Crippen LogP contribution is 2.47. The molecule has 35 heteroatoms. The van der Waals surface area contributed by atoms with E-state index < -0.39 is 47.4 Å². The van der Waals surface area contributed by atoms with Crippen molar-refractivity contribution >= 4 is 86.6 Å². The lowest BCUT2D eigenvalue weighted by Crippen LogP contribution is -2.32. The zero-order valence-electron chi connectivity index (χ0n) is 68.4. The van der Waals surface area contributed by atoms with Crippen molar-refractivity contribution in [1.82, 2.24) is 39.3 Å². The summed E-state index contributed by atoms with van der Waals surface area (Å²) in [7, 11) is 14.0. The zero-order chi connectivity index (χ0) is 87.1. The van der Waals surface area contributed by atoms with Crippen LogP contribution in [-0.2, 0) is 45.0 Å². The summed E-state index contributed by atoms with van der Waals surface area (Å²) in [6, 6.07) is 43.0. The minimum absolute atomic E-state index is 0.0290. The van der Waals surface area contributed by atoms with Crippen LogP contribution in [0.5, 0.6) is 92.0 Å². The van der Waals surface area contributed by atoms with Gasteiger partial charge in [-0.15, -0.1) is 0 Å². The van der Waals surface area contributed by atoms with Gasteiger partial charge in [-0.3, -0.25) is 24.0 Å². The molecule has 14 rings (SSSR count). The maximum atomic E-state index is 13.7. The Labute approximate surface area is 693 Å². The minimum Gasteiger partial charge on any atom is -0.493 e. The number of amides is 2. The normalized spacial score (nSPS) is 12.3. The van der Waals surface area contributed by atoms with Gasteiger partial charge in [0.05, 0.1) is 103 Å². The molecule has 0 saturated carbocycles. The van der Waals surface area contributed by atoms with Gasteiger partial charge in [0.1, 0.15) is 22.2 Å². The Hall–Kier alpha value is -15.0. The smallest absolute Gasteiger partial charge is 0.335 e. The number of aromatic nitrogens is 6. The average Bonchev–Trinajstić information content (AvgIpc) is 1.63. The van der Waals surface area contributed by atoms with Gasteiger partial charge >= 0.3 is 23.9 Å². The van der Waals surface area contributed by atoms with Crippen molar-refractivity contribution in [2.75, 3.05) is 80.1 Å². The molecule has 0 saturated heterocycles. The highest BCUT2D eigenvalue weighted by atomic mass is 16.7. The van der Waals surface area contributed by atoms with Crippen molar-refractivity contribution in [3.05, 3.63) is 191 Å². The molecule has 9 aromatic carbocycles. The molecule has 0 fully saturated rings. The van der Waals surface area contributed by atoms with Crippen molar-refractivity contribution < 1.29 is 110 Å². The van der Waals surface area contributed by atoms with Crippen LogP contribution in [0.15, 0.2) is 158 Å². The van der Waals surface area contributed by atoms with Crippen LogP contribution < -0.4 is 95.1 Å². The standard InChI is InChI=1S/C31H34N4O8.C27H26N4O8.C17H17N3O5.C11H15NO2/c1-31(2,3)43-26(36)15-19(17-10-11-21-23(12-17)41-16-40-21)33-29(37)18-13-24(38-5)28(25(14-18)39-6)42-22-9-7-8-20-27(22)34-30(32)35(20)4;1-31-17-5-4-6-19(24(17)30-27(31)28)39-25-21(35-2)10-15(11-22(25)36-3)26(34)29-16(12-23(32)33)14-7-8-18-20(9-14)38-13-37-18;1-20-10-5-4-6-11(14(10)19-17(20)18)25-15-12(23-2)7-9(16(21)22)8-13(15)24-3;1-2-14-11(13)8-10(12)9-6-4-3-5-7-9/h7-14,19H,15-16H2,1-6H3,(H2,32,34)(H,33,37);4-11,16H,12-13H2,1-3H3,(H2,28,30)(H,29,34)(H,32,33);4-8H,1-3H3,(H2,18,19)(H,21,22);3-7,10H,2,8,12H2,1H3/t19-;16-;;/m00../s1. The Bertz CT molecular complexity index is 5750. The summed E-state index contributed by atoms with van der Waals surface area (Å²) in [6.45, 7) is 7.70. The third kappa shape index (κ3) is 20.5. The van der Waals surface area contributed by atoms with Gasteiger partial charge in [-0.1, -0.05) is 60.7 Å². The van der Waals surface area contributed by atoms with Crippen LogP contribution in [-0.4, -0.2) is 143 Å². The molecule has 3 aromatic heterocycles. The Balaban J connectivity index is 0.000000168. The first-order chi connectivity index (χ1) is 57.9. The zero-order valence-corrected chi connectivity index (χ0v) is 68.4. The quantitative estimate of drug-likeness (QED) is 0.0222. The maximum Gasteiger partial charge on any atom is 0.335 e. The Morgan fingerprint density at radius 2 is 0.793 bits per heavy atom. The van der Waals surface area contributed by atoms with Gasteiger partial charge in [0, 0.05) is 38.3 Å². The topological polar surface area (TPSA) is 463 Å². The van der Waals surface area contributed by atoms with E-state index in [4.69, 9.17) is 94.0 Å². The highest BCUT2D eigenvalue weighted by molar-refractivity contribution is 5.98. The van der Waals surface area contributed by atoms with Crippen LogP contribution in [0.4, 0.5) is 17.8 Å². The molecule has 5 heterocycles. The predicted molar refractivity (Wildman–Crippen MR) is 444 cm³/mol. The summed E-state index contributed by atoms with van der Waals surface area (Å²) in [5, 5.41) is 24.4. The summed E-state index contributed by atoms with van der Waals surface area (Å²) in [6.07, 6.45) is -0.231. The van der Waals surface area contributed by atoms with Gasteiger partial charge in [-0.05, 0) is 141 Å². The number of carboxylic acids is 2. The number of aryl methyl sites for hydroxylation is 3. The molecule has 121 heavy (non-hydrogen) atoms. The number of methoxy groups -OCH3 is 6. The number of imidazole rings is 3. The second-order valence-electron chi connectivity index (χ2n) is 27.9. The molecule has 634 valence electrons. The van der Waals surface area contributed by atoms with E-state index in [0.717, 1.165) is 22.1 Å². The molecule has 12 aromatic rings. The number of carbonyl (C=O) groups excluding carboxylic acids is 4. The summed E-state index contributed by atoms with van der Waals surface area (Å²) in [5.74, 6) is 2.66. The number of carboxylic acid groups (broad SMARTS) is 2. The number of aliphatic carboxylic acids is 1. The number of benzene rings is 9. The van der Waals surface area contributed by atoms with Crippen LogP contribution in [0.1, 0.15) is 113 Å². The third-order valence-electron chi connectivity index (χ3n) is 18.8. The number of hydrogen-bond acceptors (Lipinski definition) is 28. The monoisotopic (exact) mass is 1660 g/mol. The fourth-order valence-corrected chi connectivity index (χ4v) is 12.7. The lowest BCUT2D eigenvalue weighted by molar-refractivity contribution is -0.155. The van der Waals surface area contributed by atoms with E-state index in [1.54, 1.807) is 116 Å². The van der Waals surface area contributed by atoms with E-state index in [1.165, 1.54) is 79.1 Å². The molecule has 1 unspecified atom stereocenters. The number of para-hydroxylation sites is 3. The van der Waals surface area contributed by atoms with Crippen LogP contribution in [0.3, 0.4) is 0 Å². The van der Waals surface area contributed by atoms with Crippen molar-refractivity contribution in [3.8, 4) is 92.0 Å². The maximum absolute atomic E-state index is 13.7. The Morgan fingerprint density at radius 3 is 1.13 bits per heavy atom. The van der Waals surface area contributed by atoms with E-state index in [-0.39, 0.29) is 113 Å². The molecular weight excluding hydrogens is 1570 g/mol. The number of ether oxygens (including phenoxy) is 15. The summed E-state index contributed by atoms with van der Waals surface area (Å²) in [5.41, 5.74) is 29.6. The molecule has 0 bridgehead atoms. The third-order valence-corrected chi connectivity index (χ3v) is 18.8. The second-order valence-corrected chi connectivity index (χ2v) is 27.9. The summed E-state index contributed by atoms with van der Waals surface area (Å²) < 4.78 is 88.4. The summed E-state index contributed by atoms with van der Waals surface area (Å²) >= 11 is 0. The van der Waals surface area contributed by atoms with E-state index in [0.29, 0.717) is 92.4 Å². The van der Waals surface area contributed by atoms with E-state index in [2.05, 4.69) is 25.6 Å². The van der Waals surface area contributed by atoms with Crippen molar-refractivity contribution in [2.45, 2.75) is 70.7 Å². The van der Waals surface area contributed by atoms with Crippen LogP contribution >= 0.6 is 0 Å². The number of aromatic carboxylic acids is 1. The van der Waals surface area contributed by atoms with Gasteiger partial charge in [0.2, 0.25) is 48.7 Å². The highest BCUT2D eigenvalue weighted by Gasteiger charge is 2.31. The number of nitrogens with one attached hydrogen (secondary N) is 2. The number of hydrogen-bond donors (Lipinski definition) is 8. The number of rotatable bonds is 27. The lowest BCUT2D eigenvalue weighted by atomic mass is 10.0. The lowest BCUT2D eigenvalue weighted by Gasteiger charge is -2.24. The minimum atomic E-state index is -1.09. The fourth-order valence-electron chi connectivity index (χ4n) is 12.7. The number of nitrogens with two attached hydrogens (primary N) is 4. The van der Waals surface area contributed by atoms with Crippen molar-refractivity contribution in [1.29, 1.82) is 0 Å². The first-order valence-electron chi connectivity index (χ1n) is 37.4. The van der Waals surface area contributed by atoms with E-state index in [9.17, 15) is 39.0 Å². The fraction of sp³-hybridized carbons (Fsp3) is 0.267.